The highest BCUT2D eigenvalue weighted by Crippen LogP contribution is 2.34. The second kappa shape index (κ2) is 7.62. The molecule has 2 unspecified atom stereocenters. The first kappa shape index (κ1) is 17.0. The van der Waals surface area contributed by atoms with Gasteiger partial charge in [-0.15, -0.1) is 0 Å². The Morgan fingerprint density at radius 2 is 1.80 bits per heavy atom. The quantitative estimate of drug-likeness (QED) is 0.649. The molecule has 1 amide bonds. The van der Waals surface area contributed by atoms with Crippen LogP contribution in [0.2, 0.25) is 0 Å². The summed E-state index contributed by atoms with van der Waals surface area (Å²) in [5, 5.41) is 12.3. The van der Waals surface area contributed by atoms with Crippen LogP contribution >= 0.6 is 0 Å². The molecule has 1 aliphatic rings. The standard InChI is InChI=1S/C15H28N2O3/c1-3-11(2)12(16)13(18)17-10-15(14(19)20)8-6-4-5-7-9-15/h11-12H,3-10,16H2,1-2H3,(H,17,18)(H,19,20). The van der Waals surface area contributed by atoms with Gasteiger partial charge >= 0.3 is 5.97 Å². The molecule has 0 aromatic rings. The van der Waals surface area contributed by atoms with Gasteiger partial charge in [-0.1, -0.05) is 46.0 Å². The van der Waals surface area contributed by atoms with Gasteiger partial charge in [0.25, 0.3) is 0 Å². The van der Waals surface area contributed by atoms with Crippen LogP contribution in [0.4, 0.5) is 0 Å². The molecule has 0 aromatic carbocycles. The average Bonchev–Trinajstić information content (AvgIpc) is 2.69. The van der Waals surface area contributed by atoms with E-state index in [0.29, 0.717) is 12.8 Å². The van der Waals surface area contributed by atoms with Crippen molar-refractivity contribution in [2.45, 2.75) is 64.8 Å². The molecule has 0 bridgehead atoms. The maximum Gasteiger partial charge on any atom is 0.311 e. The van der Waals surface area contributed by atoms with E-state index in [0.717, 1.165) is 32.1 Å². The largest absolute Gasteiger partial charge is 0.481 e. The Morgan fingerprint density at radius 3 is 2.25 bits per heavy atom. The van der Waals surface area contributed by atoms with Crippen molar-refractivity contribution in [1.82, 2.24) is 5.32 Å². The lowest BCUT2D eigenvalue weighted by Crippen LogP contribution is -2.49. The maximum absolute atomic E-state index is 12.0. The number of nitrogens with two attached hydrogens (primary N) is 1. The molecule has 5 nitrogen and oxygen atoms in total. The van der Waals surface area contributed by atoms with Crippen molar-refractivity contribution < 1.29 is 14.7 Å². The lowest BCUT2D eigenvalue weighted by atomic mass is 9.80. The van der Waals surface area contributed by atoms with Crippen LogP contribution in [-0.2, 0) is 9.59 Å². The number of carboxylic acid groups (broad SMARTS) is 1. The van der Waals surface area contributed by atoms with Gasteiger partial charge in [0.1, 0.15) is 0 Å². The Bertz CT molecular complexity index is 336. The summed E-state index contributed by atoms with van der Waals surface area (Å²) < 4.78 is 0. The predicted molar refractivity (Wildman–Crippen MR) is 78.2 cm³/mol. The zero-order valence-corrected chi connectivity index (χ0v) is 12.7. The number of hydrogen-bond acceptors (Lipinski definition) is 3. The van der Waals surface area contributed by atoms with Crippen LogP contribution in [-0.4, -0.2) is 29.6 Å². The third-order valence-electron chi connectivity index (χ3n) is 4.68. The fourth-order valence-electron chi connectivity index (χ4n) is 2.76. The molecular formula is C15H28N2O3. The van der Waals surface area contributed by atoms with Gasteiger partial charge in [0.2, 0.25) is 5.91 Å². The Labute approximate surface area is 121 Å². The summed E-state index contributed by atoms with van der Waals surface area (Å²) in [7, 11) is 0. The second-order valence-electron chi connectivity index (χ2n) is 6.13. The van der Waals surface area contributed by atoms with Crippen LogP contribution < -0.4 is 11.1 Å². The van der Waals surface area contributed by atoms with E-state index in [9.17, 15) is 14.7 Å². The van der Waals surface area contributed by atoms with Gasteiger partial charge in [-0.25, -0.2) is 0 Å². The number of carboxylic acids is 1. The molecular weight excluding hydrogens is 256 g/mol. The summed E-state index contributed by atoms with van der Waals surface area (Å²) in [5.41, 5.74) is 5.07. The van der Waals surface area contributed by atoms with Gasteiger partial charge in [-0.3, -0.25) is 9.59 Å². The summed E-state index contributed by atoms with van der Waals surface area (Å²) in [6.45, 7) is 4.12. The van der Waals surface area contributed by atoms with E-state index in [1.807, 2.05) is 13.8 Å². The summed E-state index contributed by atoms with van der Waals surface area (Å²) in [4.78, 5) is 23.6. The second-order valence-corrected chi connectivity index (χ2v) is 6.13. The number of aliphatic carboxylic acids is 1. The van der Waals surface area contributed by atoms with Crippen molar-refractivity contribution in [1.29, 1.82) is 0 Å². The Kier molecular flexibility index (Phi) is 6.46. The van der Waals surface area contributed by atoms with Gasteiger partial charge in [0.15, 0.2) is 0 Å². The minimum atomic E-state index is -0.804. The number of rotatable bonds is 6. The molecule has 1 aliphatic carbocycles. The topological polar surface area (TPSA) is 92.4 Å². The van der Waals surface area contributed by atoms with Crippen LogP contribution in [0.5, 0.6) is 0 Å². The highest BCUT2D eigenvalue weighted by atomic mass is 16.4. The predicted octanol–water partition coefficient (Wildman–Crippen LogP) is 1.90. The van der Waals surface area contributed by atoms with Gasteiger partial charge in [0.05, 0.1) is 11.5 Å². The lowest BCUT2D eigenvalue weighted by molar-refractivity contribution is -0.149. The molecule has 1 fully saturated rings. The zero-order valence-electron chi connectivity index (χ0n) is 12.7. The number of carbonyl (C=O) groups excluding carboxylic acids is 1. The third kappa shape index (κ3) is 4.20. The van der Waals surface area contributed by atoms with Crippen molar-refractivity contribution in [2.75, 3.05) is 6.54 Å². The molecule has 4 N–H and O–H groups in total. The molecule has 0 heterocycles. The van der Waals surface area contributed by atoms with Crippen molar-refractivity contribution >= 4 is 11.9 Å². The van der Waals surface area contributed by atoms with Gasteiger partial charge < -0.3 is 16.2 Å². The maximum atomic E-state index is 12.0. The molecule has 20 heavy (non-hydrogen) atoms. The third-order valence-corrected chi connectivity index (χ3v) is 4.68. The molecule has 0 aliphatic heterocycles. The molecule has 1 rings (SSSR count). The molecule has 0 radical (unpaired) electrons. The van der Waals surface area contributed by atoms with Gasteiger partial charge in [-0.05, 0) is 18.8 Å². The zero-order chi connectivity index (χ0) is 15.2. The van der Waals surface area contributed by atoms with Crippen molar-refractivity contribution in [3.8, 4) is 0 Å². The highest BCUT2D eigenvalue weighted by Gasteiger charge is 2.39. The summed E-state index contributed by atoms with van der Waals surface area (Å²) in [5.74, 6) is -0.925. The van der Waals surface area contributed by atoms with E-state index in [1.165, 1.54) is 0 Å². The van der Waals surface area contributed by atoms with Crippen LogP contribution in [0.1, 0.15) is 58.8 Å². The molecule has 5 heteroatoms. The highest BCUT2D eigenvalue weighted by molar-refractivity contribution is 5.83. The number of amides is 1. The molecule has 0 spiro atoms. The Morgan fingerprint density at radius 1 is 1.25 bits per heavy atom. The number of hydrogen-bond donors (Lipinski definition) is 3. The van der Waals surface area contributed by atoms with Crippen LogP contribution in [0.3, 0.4) is 0 Å². The van der Waals surface area contributed by atoms with E-state index in [1.54, 1.807) is 0 Å². The Balaban J connectivity index is 2.63. The van der Waals surface area contributed by atoms with E-state index in [-0.39, 0.29) is 18.4 Å². The summed E-state index contributed by atoms with van der Waals surface area (Å²) in [6.07, 6.45) is 6.10. The molecule has 1 saturated carbocycles. The smallest absolute Gasteiger partial charge is 0.311 e. The molecule has 0 aromatic heterocycles. The van der Waals surface area contributed by atoms with Crippen LogP contribution in [0.25, 0.3) is 0 Å². The first-order valence-corrected chi connectivity index (χ1v) is 7.69. The fourth-order valence-corrected chi connectivity index (χ4v) is 2.76. The van der Waals surface area contributed by atoms with Crippen molar-refractivity contribution in [3.63, 3.8) is 0 Å². The van der Waals surface area contributed by atoms with Crippen molar-refractivity contribution in [2.24, 2.45) is 17.1 Å². The van der Waals surface area contributed by atoms with E-state index < -0.39 is 17.4 Å². The van der Waals surface area contributed by atoms with E-state index in [4.69, 9.17) is 5.73 Å². The van der Waals surface area contributed by atoms with Crippen molar-refractivity contribution in [3.05, 3.63) is 0 Å². The van der Waals surface area contributed by atoms with Gasteiger partial charge in [-0.2, -0.15) is 0 Å². The lowest BCUT2D eigenvalue weighted by Gasteiger charge is -2.29. The summed E-state index contributed by atoms with van der Waals surface area (Å²) >= 11 is 0. The molecule has 0 saturated heterocycles. The van der Waals surface area contributed by atoms with E-state index >= 15 is 0 Å². The molecule has 2 atom stereocenters. The SMILES string of the molecule is CCC(C)C(N)C(=O)NCC1(C(=O)O)CCCCCC1. The first-order valence-electron chi connectivity index (χ1n) is 7.69. The minimum absolute atomic E-state index is 0.102. The first-order chi connectivity index (χ1) is 9.43. The number of carbonyl (C=O) groups is 2. The normalized spacial score (nSPS) is 21.6. The number of nitrogens with one attached hydrogen (secondary N) is 1. The molecule has 116 valence electrons. The fraction of sp³-hybridized carbons (Fsp3) is 0.867. The van der Waals surface area contributed by atoms with Crippen LogP contribution in [0.15, 0.2) is 0 Å². The monoisotopic (exact) mass is 284 g/mol. The van der Waals surface area contributed by atoms with E-state index in [2.05, 4.69) is 5.32 Å². The van der Waals surface area contributed by atoms with Crippen LogP contribution in [0, 0.1) is 11.3 Å². The Hall–Kier alpha value is -1.10. The van der Waals surface area contributed by atoms with Gasteiger partial charge in [0, 0.05) is 6.54 Å². The average molecular weight is 284 g/mol. The minimum Gasteiger partial charge on any atom is -0.481 e. The summed E-state index contributed by atoms with van der Waals surface area (Å²) in [6, 6.07) is -0.559.